The van der Waals surface area contributed by atoms with Gasteiger partial charge in [0, 0.05) is 52.4 Å². The Morgan fingerprint density at radius 1 is 1.22 bits per heavy atom. The number of rotatable bonds is 6. The maximum atomic E-state index is 14.1. The van der Waals surface area contributed by atoms with Crippen LogP contribution in [0.2, 0.25) is 0 Å². The molecule has 0 radical (unpaired) electrons. The summed E-state index contributed by atoms with van der Waals surface area (Å²) in [6.45, 7) is 10.3. The van der Waals surface area contributed by atoms with Crippen LogP contribution in [0.1, 0.15) is 61.8 Å². The summed E-state index contributed by atoms with van der Waals surface area (Å²) in [7, 11) is 5.57. The molecule has 228 valence electrons. The van der Waals surface area contributed by atoms with Crippen LogP contribution in [0.4, 0.5) is 16.2 Å². The fraction of sp³-hybridized carbons (Fsp3) is 0.633. The van der Waals surface area contributed by atoms with Gasteiger partial charge in [0.05, 0.1) is 30.4 Å². The quantitative estimate of drug-likeness (QED) is 0.524. The monoisotopic (exact) mass is 573 g/mol. The van der Waals surface area contributed by atoms with Gasteiger partial charge in [0.1, 0.15) is 17.1 Å². The number of likely N-dealkylation sites (N-methyl/N-ethyl adjacent to an activating group) is 1. The molecule has 0 aliphatic carbocycles. The highest BCUT2D eigenvalue weighted by Crippen LogP contribution is 2.29. The molecule has 11 nitrogen and oxygen atoms in total. The van der Waals surface area contributed by atoms with Crippen LogP contribution in [0.3, 0.4) is 0 Å². The molecule has 0 unspecified atom stereocenters. The summed E-state index contributed by atoms with van der Waals surface area (Å²) in [6.07, 6.45) is 2.11. The molecule has 2 aromatic rings. The number of benzene rings is 1. The van der Waals surface area contributed by atoms with E-state index in [4.69, 9.17) is 14.0 Å². The number of anilines is 2. The van der Waals surface area contributed by atoms with E-state index in [0.717, 1.165) is 24.9 Å². The lowest BCUT2D eigenvalue weighted by atomic mass is 10.0. The number of aryl methyl sites for hydroxylation is 2. The van der Waals surface area contributed by atoms with Gasteiger partial charge in [-0.25, -0.2) is 4.79 Å². The molecule has 0 bridgehead atoms. The van der Waals surface area contributed by atoms with Crippen molar-refractivity contribution in [3.05, 3.63) is 35.2 Å². The lowest BCUT2D eigenvalue weighted by molar-refractivity contribution is -0.0115. The first kappa shape index (κ1) is 32.2. The van der Waals surface area contributed by atoms with Gasteiger partial charge in [-0.2, -0.15) is 0 Å². The van der Waals surface area contributed by atoms with Gasteiger partial charge >= 0.3 is 6.03 Å². The number of hydrogen-bond acceptors (Lipinski definition) is 8. The standard InChI is InChI=1S/C30H47N5O6/c1-19-16-35(20(2)18-36)29(37)25-15-24(33(6)7)12-13-26(25)40-21(3)11-9-10-14-39-27(19)17-34(8)30(38)31-28-22(4)32-41-23(28)5/h12-13,15,19-21,27,36H,9-11,14,16-18H2,1-8H3,(H,31,38)/t19-,20+,21-,27+/m0/s1. The SMILES string of the molecule is Cc1noc(C)c1NC(=O)N(C)C[C@H]1OCCCC[C@H](C)Oc2ccc(N(C)C)cc2C(=O)N([C@H](C)CO)C[C@@H]1C. The molecule has 4 atom stereocenters. The van der Waals surface area contributed by atoms with E-state index in [1.165, 1.54) is 0 Å². The third kappa shape index (κ3) is 8.36. The minimum absolute atomic E-state index is 0.0905. The molecule has 3 rings (SSSR count). The number of carbonyl (C=O) groups is 2. The average Bonchev–Trinajstić information content (AvgIpc) is 3.25. The normalized spacial score (nSPS) is 21.3. The van der Waals surface area contributed by atoms with Gasteiger partial charge in [-0.05, 0) is 65.2 Å². The lowest BCUT2D eigenvalue weighted by Crippen LogP contribution is -2.48. The van der Waals surface area contributed by atoms with Crippen molar-refractivity contribution < 1.29 is 28.7 Å². The number of fused-ring (bicyclic) bond motifs is 1. The smallest absolute Gasteiger partial charge is 0.321 e. The zero-order valence-electron chi connectivity index (χ0n) is 25.8. The van der Waals surface area contributed by atoms with E-state index in [0.29, 0.717) is 48.2 Å². The van der Waals surface area contributed by atoms with Crippen molar-refractivity contribution in [2.45, 2.75) is 72.1 Å². The number of aliphatic hydroxyl groups is 1. The molecule has 41 heavy (non-hydrogen) atoms. The molecule has 1 aromatic carbocycles. The van der Waals surface area contributed by atoms with Crippen molar-refractivity contribution in [3.63, 3.8) is 0 Å². The molecule has 0 saturated carbocycles. The second kappa shape index (κ2) is 14.5. The maximum Gasteiger partial charge on any atom is 0.321 e. The largest absolute Gasteiger partial charge is 0.490 e. The van der Waals surface area contributed by atoms with Crippen molar-refractivity contribution in [1.29, 1.82) is 0 Å². The summed E-state index contributed by atoms with van der Waals surface area (Å²) in [5, 5.41) is 16.9. The van der Waals surface area contributed by atoms with Crippen molar-refractivity contribution in [2.75, 3.05) is 57.7 Å². The molecular weight excluding hydrogens is 526 g/mol. The molecule has 11 heteroatoms. The second-order valence-electron chi connectivity index (χ2n) is 11.4. The Kier molecular flexibility index (Phi) is 11.4. The molecule has 1 aliphatic heterocycles. The summed E-state index contributed by atoms with van der Waals surface area (Å²) in [6, 6.07) is 4.90. The molecule has 2 heterocycles. The van der Waals surface area contributed by atoms with E-state index in [1.54, 1.807) is 30.7 Å². The van der Waals surface area contributed by atoms with E-state index in [1.807, 2.05) is 58.0 Å². The Labute approximate surface area is 243 Å². The fourth-order valence-corrected chi connectivity index (χ4v) is 4.87. The first-order valence-corrected chi connectivity index (χ1v) is 14.4. The van der Waals surface area contributed by atoms with Gasteiger partial charge in [-0.15, -0.1) is 0 Å². The highest BCUT2D eigenvalue weighted by molar-refractivity contribution is 5.98. The Morgan fingerprint density at radius 2 is 1.95 bits per heavy atom. The zero-order chi connectivity index (χ0) is 30.3. The summed E-state index contributed by atoms with van der Waals surface area (Å²) >= 11 is 0. The third-order valence-electron chi connectivity index (χ3n) is 7.62. The highest BCUT2D eigenvalue weighted by Gasteiger charge is 2.31. The molecule has 0 spiro atoms. The summed E-state index contributed by atoms with van der Waals surface area (Å²) in [4.78, 5) is 32.4. The molecule has 1 aromatic heterocycles. The summed E-state index contributed by atoms with van der Waals surface area (Å²) in [5.74, 6) is 0.710. The van der Waals surface area contributed by atoms with Crippen LogP contribution in [0.15, 0.2) is 22.7 Å². The van der Waals surface area contributed by atoms with E-state index in [9.17, 15) is 14.7 Å². The number of aromatic nitrogens is 1. The number of nitrogens with zero attached hydrogens (tertiary/aromatic N) is 4. The number of ether oxygens (including phenoxy) is 2. The van der Waals surface area contributed by atoms with Crippen LogP contribution in [-0.2, 0) is 4.74 Å². The number of hydrogen-bond donors (Lipinski definition) is 2. The molecular formula is C30H47N5O6. The lowest BCUT2D eigenvalue weighted by Gasteiger charge is -2.36. The number of carbonyl (C=O) groups excluding carboxylic acids is 2. The zero-order valence-corrected chi connectivity index (χ0v) is 25.8. The first-order chi connectivity index (χ1) is 19.4. The predicted octanol–water partition coefficient (Wildman–Crippen LogP) is 4.32. The van der Waals surface area contributed by atoms with Crippen LogP contribution in [-0.4, -0.2) is 97.7 Å². The number of nitrogens with one attached hydrogen (secondary N) is 1. The predicted molar refractivity (Wildman–Crippen MR) is 159 cm³/mol. The Morgan fingerprint density at radius 3 is 2.59 bits per heavy atom. The Balaban J connectivity index is 1.89. The van der Waals surface area contributed by atoms with Crippen LogP contribution in [0.25, 0.3) is 0 Å². The van der Waals surface area contributed by atoms with Gasteiger partial charge in [0.2, 0.25) is 0 Å². The van der Waals surface area contributed by atoms with Crippen LogP contribution in [0.5, 0.6) is 5.75 Å². The van der Waals surface area contributed by atoms with E-state index < -0.39 is 6.04 Å². The van der Waals surface area contributed by atoms with Gasteiger partial charge in [-0.3, -0.25) is 4.79 Å². The third-order valence-corrected chi connectivity index (χ3v) is 7.62. The minimum atomic E-state index is -0.438. The summed E-state index contributed by atoms with van der Waals surface area (Å²) < 4.78 is 17.8. The molecule has 3 amide bonds. The van der Waals surface area contributed by atoms with Crippen molar-refractivity contribution in [2.24, 2.45) is 5.92 Å². The van der Waals surface area contributed by atoms with E-state index >= 15 is 0 Å². The first-order valence-electron chi connectivity index (χ1n) is 14.4. The fourth-order valence-electron chi connectivity index (χ4n) is 4.87. The van der Waals surface area contributed by atoms with Gasteiger partial charge in [0.15, 0.2) is 5.76 Å². The van der Waals surface area contributed by atoms with E-state index in [2.05, 4.69) is 10.5 Å². The van der Waals surface area contributed by atoms with Gasteiger partial charge in [0.25, 0.3) is 5.91 Å². The van der Waals surface area contributed by atoms with E-state index in [-0.39, 0.29) is 36.7 Å². The van der Waals surface area contributed by atoms with Crippen LogP contribution in [0, 0.1) is 19.8 Å². The molecule has 0 saturated heterocycles. The Bertz CT molecular complexity index is 1150. The van der Waals surface area contributed by atoms with Crippen molar-refractivity contribution >= 4 is 23.3 Å². The molecule has 2 N–H and O–H groups in total. The maximum absolute atomic E-state index is 14.1. The van der Waals surface area contributed by atoms with Crippen LogP contribution >= 0.6 is 0 Å². The number of amides is 3. The van der Waals surface area contributed by atoms with Gasteiger partial charge in [-0.1, -0.05) is 12.1 Å². The van der Waals surface area contributed by atoms with Crippen molar-refractivity contribution in [1.82, 2.24) is 15.0 Å². The molecule has 0 fully saturated rings. The van der Waals surface area contributed by atoms with Crippen LogP contribution < -0.4 is 15.0 Å². The number of aliphatic hydroxyl groups excluding tert-OH is 1. The average molecular weight is 574 g/mol. The Hall–Kier alpha value is -3.31. The summed E-state index contributed by atoms with van der Waals surface area (Å²) in [5.41, 5.74) is 2.50. The molecule has 1 aliphatic rings. The van der Waals surface area contributed by atoms with Crippen molar-refractivity contribution in [3.8, 4) is 5.75 Å². The van der Waals surface area contributed by atoms with Gasteiger partial charge < -0.3 is 39.1 Å². The topological polar surface area (TPSA) is 121 Å². The minimum Gasteiger partial charge on any atom is -0.490 e. The highest BCUT2D eigenvalue weighted by atomic mass is 16.5. The number of urea groups is 1. The second-order valence-corrected chi connectivity index (χ2v) is 11.4.